The quantitative estimate of drug-likeness (QED) is 0.807. The average Bonchev–Trinajstić information content (AvgIpc) is 3.25. The first kappa shape index (κ1) is 14.4. The topological polar surface area (TPSA) is 21.3 Å². The normalized spacial score (nSPS) is 17.3. The van der Waals surface area contributed by atoms with Gasteiger partial charge in [-0.05, 0) is 55.3 Å². The van der Waals surface area contributed by atoms with Crippen molar-refractivity contribution < 1.29 is 4.74 Å². The van der Waals surface area contributed by atoms with E-state index in [1.807, 2.05) is 7.05 Å². The van der Waals surface area contributed by atoms with Crippen molar-refractivity contribution in [1.29, 1.82) is 0 Å². The first-order valence-electron chi connectivity index (χ1n) is 7.47. The molecule has 19 heavy (non-hydrogen) atoms. The summed E-state index contributed by atoms with van der Waals surface area (Å²) in [4.78, 5) is 0. The van der Waals surface area contributed by atoms with Gasteiger partial charge < -0.3 is 10.1 Å². The number of nitrogens with one attached hydrogen (secondary N) is 1. The molecule has 0 amide bonds. The summed E-state index contributed by atoms with van der Waals surface area (Å²) in [5.41, 5.74) is 1.63. The van der Waals surface area contributed by atoms with E-state index in [0.717, 1.165) is 24.7 Å². The zero-order valence-corrected chi connectivity index (χ0v) is 12.7. The van der Waals surface area contributed by atoms with Crippen molar-refractivity contribution in [2.24, 2.45) is 5.92 Å². The molecular weight excluding hydrogens is 234 g/mol. The molecule has 2 nitrogen and oxygen atoms in total. The fourth-order valence-electron chi connectivity index (χ4n) is 2.35. The average molecular weight is 261 g/mol. The minimum Gasteiger partial charge on any atom is -0.492 e. The minimum atomic E-state index is 0.250. The van der Waals surface area contributed by atoms with Crippen LogP contribution in [0, 0.1) is 5.92 Å². The van der Waals surface area contributed by atoms with Crippen molar-refractivity contribution in [3.8, 4) is 5.75 Å². The third-order valence-corrected chi connectivity index (χ3v) is 4.51. The molecule has 1 atom stereocenters. The van der Waals surface area contributed by atoms with Crippen LogP contribution >= 0.6 is 0 Å². The van der Waals surface area contributed by atoms with E-state index in [1.165, 1.54) is 18.4 Å². The molecule has 1 aliphatic carbocycles. The van der Waals surface area contributed by atoms with Gasteiger partial charge in [0.1, 0.15) is 12.4 Å². The van der Waals surface area contributed by atoms with Crippen molar-refractivity contribution >= 4 is 0 Å². The fourth-order valence-corrected chi connectivity index (χ4v) is 2.35. The molecule has 0 bridgehead atoms. The monoisotopic (exact) mass is 261 g/mol. The first-order chi connectivity index (χ1) is 9.06. The highest BCUT2D eigenvalue weighted by molar-refractivity contribution is 5.31. The number of rotatable bonds is 7. The molecule has 1 N–H and O–H groups in total. The molecule has 0 aromatic heterocycles. The van der Waals surface area contributed by atoms with Gasteiger partial charge in [0.25, 0.3) is 0 Å². The minimum absolute atomic E-state index is 0.250. The molecule has 1 saturated carbocycles. The van der Waals surface area contributed by atoms with Crippen LogP contribution in [-0.2, 0) is 5.41 Å². The summed E-state index contributed by atoms with van der Waals surface area (Å²) in [6.07, 6.45) is 3.84. The largest absolute Gasteiger partial charge is 0.492 e. The van der Waals surface area contributed by atoms with E-state index < -0.39 is 0 Å². The zero-order chi connectivity index (χ0) is 13.9. The van der Waals surface area contributed by atoms with E-state index >= 15 is 0 Å². The molecule has 1 aromatic rings. The van der Waals surface area contributed by atoms with Gasteiger partial charge in [0, 0.05) is 6.04 Å². The van der Waals surface area contributed by atoms with E-state index in [4.69, 9.17) is 4.74 Å². The molecule has 2 rings (SSSR count). The predicted molar refractivity (Wildman–Crippen MR) is 80.8 cm³/mol. The second kappa shape index (κ2) is 5.96. The number of likely N-dealkylation sites (N-methyl/N-ethyl adjacent to an activating group) is 1. The van der Waals surface area contributed by atoms with E-state index in [0.29, 0.717) is 6.04 Å². The zero-order valence-electron chi connectivity index (χ0n) is 12.7. The lowest BCUT2D eigenvalue weighted by molar-refractivity contribution is 0.256. The molecule has 1 aliphatic rings. The summed E-state index contributed by atoms with van der Waals surface area (Å²) < 4.78 is 5.90. The second-order valence-electron chi connectivity index (χ2n) is 6.31. The van der Waals surface area contributed by atoms with Crippen LogP contribution < -0.4 is 10.1 Å². The molecule has 0 spiro atoms. The molecular formula is C17H27NO. The van der Waals surface area contributed by atoms with E-state index in [9.17, 15) is 0 Å². The van der Waals surface area contributed by atoms with Crippen LogP contribution in [0.25, 0.3) is 0 Å². The standard InChI is InChI=1S/C17H27NO/c1-5-17(2,3)14-8-10-15(11-9-14)19-12-16(18-4)13-6-7-13/h8-11,13,16,18H,5-7,12H2,1-4H3. The van der Waals surface area contributed by atoms with E-state index in [-0.39, 0.29) is 5.41 Å². The van der Waals surface area contributed by atoms with Crippen LogP contribution in [0.5, 0.6) is 5.75 Å². The van der Waals surface area contributed by atoms with Crippen LogP contribution in [0.3, 0.4) is 0 Å². The lowest BCUT2D eigenvalue weighted by atomic mass is 9.82. The molecule has 106 valence electrons. The molecule has 0 heterocycles. The fraction of sp³-hybridized carbons (Fsp3) is 0.647. The third kappa shape index (κ3) is 3.73. The summed E-state index contributed by atoms with van der Waals surface area (Å²) in [6.45, 7) is 7.58. The van der Waals surface area contributed by atoms with Gasteiger partial charge in [0.15, 0.2) is 0 Å². The smallest absolute Gasteiger partial charge is 0.119 e. The van der Waals surface area contributed by atoms with Gasteiger partial charge in [-0.25, -0.2) is 0 Å². The second-order valence-corrected chi connectivity index (χ2v) is 6.31. The van der Waals surface area contributed by atoms with Crippen molar-refractivity contribution in [3.63, 3.8) is 0 Å². The van der Waals surface area contributed by atoms with Gasteiger partial charge in [0.2, 0.25) is 0 Å². The van der Waals surface area contributed by atoms with Crippen LogP contribution in [0.15, 0.2) is 24.3 Å². The number of benzene rings is 1. The Morgan fingerprint density at radius 1 is 1.26 bits per heavy atom. The molecule has 0 radical (unpaired) electrons. The van der Waals surface area contributed by atoms with Crippen molar-refractivity contribution in [3.05, 3.63) is 29.8 Å². The highest BCUT2D eigenvalue weighted by atomic mass is 16.5. The van der Waals surface area contributed by atoms with Crippen LogP contribution in [0.4, 0.5) is 0 Å². The molecule has 2 heteroatoms. The van der Waals surface area contributed by atoms with Crippen molar-refractivity contribution in [2.75, 3.05) is 13.7 Å². The maximum absolute atomic E-state index is 5.90. The van der Waals surface area contributed by atoms with Gasteiger partial charge in [-0.3, -0.25) is 0 Å². The van der Waals surface area contributed by atoms with Crippen LogP contribution in [-0.4, -0.2) is 19.7 Å². The Morgan fingerprint density at radius 2 is 1.89 bits per heavy atom. The Bertz CT molecular complexity index is 392. The van der Waals surface area contributed by atoms with Crippen LogP contribution in [0.2, 0.25) is 0 Å². The summed E-state index contributed by atoms with van der Waals surface area (Å²) in [5, 5.41) is 3.35. The summed E-state index contributed by atoms with van der Waals surface area (Å²) in [5.74, 6) is 1.81. The first-order valence-corrected chi connectivity index (χ1v) is 7.47. The van der Waals surface area contributed by atoms with Gasteiger partial charge in [-0.1, -0.05) is 32.9 Å². The summed E-state index contributed by atoms with van der Waals surface area (Å²) in [6, 6.07) is 9.11. The predicted octanol–water partition coefficient (Wildman–Crippen LogP) is 3.75. The highest BCUT2D eigenvalue weighted by Crippen LogP contribution is 2.33. The SMILES string of the molecule is CCC(C)(C)c1ccc(OCC(NC)C2CC2)cc1. The van der Waals surface area contributed by atoms with E-state index in [1.54, 1.807) is 0 Å². The Hall–Kier alpha value is -1.02. The Kier molecular flexibility index (Phi) is 4.51. The molecule has 0 saturated heterocycles. The third-order valence-electron chi connectivity index (χ3n) is 4.51. The Labute approximate surface area is 117 Å². The van der Waals surface area contributed by atoms with E-state index in [2.05, 4.69) is 50.4 Å². The molecule has 1 unspecified atom stereocenters. The highest BCUT2D eigenvalue weighted by Gasteiger charge is 2.30. The maximum Gasteiger partial charge on any atom is 0.119 e. The molecule has 1 fully saturated rings. The van der Waals surface area contributed by atoms with Crippen LogP contribution in [0.1, 0.15) is 45.6 Å². The Balaban J connectivity index is 1.91. The van der Waals surface area contributed by atoms with Gasteiger partial charge >= 0.3 is 0 Å². The lowest BCUT2D eigenvalue weighted by Crippen LogP contribution is -2.33. The van der Waals surface area contributed by atoms with Gasteiger partial charge in [-0.15, -0.1) is 0 Å². The summed E-state index contributed by atoms with van der Waals surface area (Å²) >= 11 is 0. The number of hydrogen-bond donors (Lipinski definition) is 1. The summed E-state index contributed by atoms with van der Waals surface area (Å²) in [7, 11) is 2.03. The molecule has 1 aromatic carbocycles. The van der Waals surface area contributed by atoms with Crippen molar-refractivity contribution in [1.82, 2.24) is 5.32 Å². The van der Waals surface area contributed by atoms with Gasteiger partial charge in [-0.2, -0.15) is 0 Å². The maximum atomic E-state index is 5.90. The van der Waals surface area contributed by atoms with Crippen molar-refractivity contribution in [2.45, 2.75) is 51.5 Å². The number of ether oxygens (including phenoxy) is 1. The Morgan fingerprint density at radius 3 is 2.37 bits per heavy atom. The lowest BCUT2D eigenvalue weighted by Gasteiger charge is -2.23. The number of hydrogen-bond acceptors (Lipinski definition) is 2. The van der Waals surface area contributed by atoms with Gasteiger partial charge in [0.05, 0.1) is 0 Å². The molecule has 0 aliphatic heterocycles.